The molecule has 16 heavy (non-hydrogen) atoms. The van der Waals surface area contributed by atoms with Crippen molar-refractivity contribution in [1.82, 2.24) is 5.32 Å². The van der Waals surface area contributed by atoms with Crippen molar-refractivity contribution in [3.05, 3.63) is 35.9 Å². The molecule has 0 heterocycles. The van der Waals surface area contributed by atoms with Crippen molar-refractivity contribution in [3.63, 3.8) is 0 Å². The Kier molecular flexibility index (Phi) is 4.99. The van der Waals surface area contributed by atoms with E-state index in [1.165, 1.54) is 0 Å². The number of carbonyl (C=O) groups is 1. The van der Waals surface area contributed by atoms with E-state index in [1.807, 2.05) is 44.2 Å². The molecule has 0 radical (unpaired) electrons. The number of hydrogen-bond acceptors (Lipinski definition) is 2. The van der Waals surface area contributed by atoms with Crippen LogP contribution in [0.3, 0.4) is 0 Å². The Morgan fingerprint density at radius 1 is 1.38 bits per heavy atom. The second-order valence-corrected chi connectivity index (χ2v) is 4.02. The largest absolute Gasteiger partial charge is 0.356 e. The molecule has 3 N–H and O–H groups in total. The van der Waals surface area contributed by atoms with E-state index in [-0.39, 0.29) is 17.9 Å². The van der Waals surface area contributed by atoms with E-state index < -0.39 is 0 Å². The van der Waals surface area contributed by atoms with Crippen LogP contribution in [-0.2, 0) is 4.79 Å². The number of benzene rings is 1. The average Bonchev–Trinajstić information content (AvgIpc) is 2.35. The SMILES string of the molecule is CCCNC(=O)C(C)C(N)c1ccccc1. The van der Waals surface area contributed by atoms with Crippen LogP contribution < -0.4 is 11.1 Å². The summed E-state index contributed by atoms with van der Waals surface area (Å²) >= 11 is 0. The zero-order valence-electron chi connectivity index (χ0n) is 9.94. The van der Waals surface area contributed by atoms with Gasteiger partial charge >= 0.3 is 0 Å². The monoisotopic (exact) mass is 220 g/mol. The first kappa shape index (κ1) is 12.7. The Labute approximate surface area is 97.0 Å². The summed E-state index contributed by atoms with van der Waals surface area (Å²) in [7, 11) is 0. The lowest BCUT2D eigenvalue weighted by atomic mass is 9.95. The number of carbonyl (C=O) groups excluding carboxylic acids is 1. The van der Waals surface area contributed by atoms with Crippen LogP contribution in [0.25, 0.3) is 0 Å². The van der Waals surface area contributed by atoms with Crippen LogP contribution in [0.4, 0.5) is 0 Å². The zero-order chi connectivity index (χ0) is 12.0. The molecule has 2 atom stereocenters. The molecule has 0 fully saturated rings. The first-order valence-electron chi connectivity index (χ1n) is 5.75. The van der Waals surface area contributed by atoms with Gasteiger partial charge in [0.15, 0.2) is 0 Å². The molecule has 0 spiro atoms. The van der Waals surface area contributed by atoms with Gasteiger partial charge < -0.3 is 11.1 Å². The first-order valence-corrected chi connectivity index (χ1v) is 5.75. The van der Waals surface area contributed by atoms with Crippen LogP contribution in [0.1, 0.15) is 31.9 Å². The second-order valence-electron chi connectivity index (χ2n) is 4.02. The Hall–Kier alpha value is -1.35. The maximum absolute atomic E-state index is 11.7. The summed E-state index contributed by atoms with van der Waals surface area (Å²) < 4.78 is 0. The minimum absolute atomic E-state index is 0.0261. The summed E-state index contributed by atoms with van der Waals surface area (Å²) in [5.74, 6) is -0.174. The van der Waals surface area contributed by atoms with Gasteiger partial charge in [0.05, 0.1) is 5.92 Å². The van der Waals surface area contributed by atoms with Crippen molar-refractivity contribution in [2.24, 2.45) is 11.7 Å². The molecular formula is C13H20N2O. The maximum Gasteiger partial charge on any atom is 0.224 e. The first-order chi connectivity index (χ1) is 7.66. The second kappa shape index (κ2) is 6.28. The van der Waals surface area contributed by atoms with E-state index in [0.29, 0.717) is 6.54 Å². The lowest BCUT2D eigenvalue weighted by Crippen LogP contribution is -2.35. The van der Waals surface area contributed by atoms with Gasteiger partial charge in [-0.2, -0.15) is 0 Å². The Bertz CT molecular complexity index is 324. The fourth-order valence-electron chi connectivity index (χ4n) is 1.54. The van der Waals surface area contributed by atoms with Crippen LogP contribution >= 0.6 is 0 Å². The summed E-state index contributed by atoms with van der Waals surface area (Å²) in [5, 5.41) is 2.86. The van der Waals surface area contributed by atoms with Gasteiger partial charge in [-0.25, -0.2) is 0 Å². The van der Waals surface area contributed by atoms with Crippen molar-refractivity contribution in [1.29, 1.82) is 0 Å². The fourth-order valence-corrected chi connectivity index (χ4v) is 1.54. The molecule has 88 valence electrons. The van der Waals surface area contributed by atoms with Gasteiger partial charge in [-0.05, 0) is 12.0 Å². The van der Waals surface area contributed by atoms with E-state index in [1.54, 1.807) is 0 Å². The quantitative estimate of drug-likeness (QED) is 0.795. The molecule has 0 saturated carbocycles. The summed E-state index contributed by atoms with van der Waals surface area (Å²) in [4.78, 5) is 11.7. The van der Waals surface area contributed by atoms with E-state index in [9.17, 15) is 4.79 Å². The molecular weight excluding hydrogens is 200 g/mol. The van der Waals surface area contributed by atoms with Gasteiger partial charge in [-0.15, -0.1) is 0 Å². The highest BCUT2D eigenvalue weighted by Crippen LogP contribution is 2.18. The molecule has 0 aliphatic rings. The van der Waals surface area contributed by atoms with Crippen LogP contribution in [0.5, 0.6) is 0 Å². The van der Waals surface area contributed by atoms with Gasteiger partial charge in [0, 0.05) is 12.6 Å². The van der Waals surface area contributed by atoms with Gasteiger partial charge in [-0.1, -0.05) is 44.2 Å². The fraction of sp³-hybridized carbons (Fsp3) is 0.462. The molecule has 3 nitrogen and oxygen atoms in total. The number of amides is 1. The standard InChI is InChI=1S/C13H20N2O/c1-3-9-15-13(16)10(2)12(14)11-7-5-4-6-8-11/h4-8,10,12H,3,9,14H2,1-2H3,(H,15,16). The van der Waals surface area contributed by atoms with Gasteiger partial charge in [0.25, 0.3) is 0 Å². The van der Waals surface area contributed by atoms with Crippen molar-refractivity contribution < 1.29 is 4.79 Å². The predicted octanol–water partition coefficient (Wildman–Crippen LogP) is 1.85. The molecule has 0 bridgehead atoms. The van der Waals surface area contributed by atoms with Crippen molar-refractivity contribution in [2.75, 3.05) is 6.54 Å². The minimum Gasteiger partial charge on any atom is -0.356 e. The number of hydrogen-bond donors (Lipinski definition) is 2. The summed E-state index contributed by atoms with van der Waals surface area (Å²) in [5.41, 5.74) is 7.05. The van der Waals surface area contributed by atoms with Gasteiger partial charge in [0.1, 0.15) is 0 Å². The highest BCUT2D eigenvalue weighted by molar-refractivity contribution is 5.79. The predicted molar refractivity (Wildman–Crippen MR) is 65.8 cm³/mol. The average molecular weight is 220 g/mol. The van der Waals surface area contributed by atoms with E-state index >= 15 is 0 Å². The van der Waals surface area contributed by atoms with E-state index in [2.05, 4.69) is 5.32 Å². The van der Waals surface area contributed by atoms with Crippen molar-refractivity contribution in [3.8, 4) is 0 Å². The minimum atomic E-state index is -0.238. The third-order valence-electron chi connectivity index (χ3n) is 2.69. The number of nitrogens with one attached hydrogen (secondary N) is 1. The third kappa shape index (κ3) is 3.35. The van der Waals surface area contributed by atoms with Gasteiger partial charge in [-0.3, -0.25) is 4.79 Å². The van der Waals surface area contributed by atoms with Crippen molar-refractivity contribution >= 4 is 5.91 Å². The normalized spacial score (nSPS) is 14.2. The molecule has 1 aromatic rings. The summed E-state index contributed by atoms with van der Waals surface area (Å²) in [6.45, 7) is 4.61. The molecule has 1 aromatic carbocycles. The molecule has 2 unspecified atom stereocenters. The highest BCUT2D eigenvalue weighted by atomic mass is 16.1. The van der Waals surface area contributed by atoms with E-state index in [0.717, 1.165) is 12.0 Å². The third-order valence-corrected chi connectivity index (χ3v) is 2.69. The molecule has 0 aromatic heterocycles. The summed E-state index contributed by atoms with van der Waals surface area (Å²) in [6, 6.07) is 9.48. The zero-order valence-corrected chi connectivity index (χ0v) is 9.94. The topological polar surface area (TPSA) is 55.1 Å². The molecule has 0 aliphatic carbocycles. The van der Waals surface area contributed by atoms with Crippen LogP contribution in [-0.4, -0.2) is 12.5 Å². The Balaban J connectivity index is 2.60. The van der Waals surface area contributed by atoms with Crippen LogP contribution in [0.15, 0.2) is 30.3 Å². The Morgan fingerprint density at radius 3 is 2.56 bits per heavy atom. The number of rotatable bonds is 5. The van der Waals surface area contributed by atoms with Crippen molar-refractivity contribution in [2.45, 2.75) is 26.3 Å². The smallest absolute Gasteiger partial charge is 0.224 e. The Morgan fingerprint density at radius 2 is 2.00 bits per heavy atom. The van der Waals surface area contributed by atoms with Crippen LogP contribution in [0.2, 0.25) is 0 Å². The maximum atomic E-state index is 11.7. The highest BCUT2D eigenvalue weighted by Gasteiger charge is 2.21. The molecule has 1 rings (SSSR count). The van der Waals surface area contributed by atoms with Gasteiger partial charge in [0.2, 0.25) is 5.91 Å². The van der Waals surface area contributed by atoms with Crippen LogP contribution in [0, 0.1) is 5.92 Å². The van der Waals surface area contributed by atoms with E-state index in [4.69, 9.17) is 5.73 Å². The molecule has 3 heteroatoms. The lowest BCUT2D eigenvalue weighted by Gasteiger charge is -2.19. The summed E-state index contributed by atoms with van der Waals surface area (Å²) in [6.07, 6.45) is 0.943. The lowest BCUT2D eigenvalue weighted by molar-refractivity contribution is -0.125. The molecule has 0 saturated heterocycles. The molecule has 0 aliphatic heterocycles. The molecule has 1 amide bonds. The number of nitrogens with two attached hydrogens (primary N) is 1.